The lowest BCUT2D eigenvalue weighted by atomic mass is 9.39. The van der Waals surface area contributed by atoms with Gasteiger partial charge in [0, 0.05) is 43.4 Å². The Morgan fingerprint density at radius 3 is 2.26 bits per heavy atom. The maximum absolute atomic E-state index is 14.6. The third-order valence-corrected chi connectivity index (χ3v) is 13.3. The Labute approximate surface area is 292 Å². The Morgan fingerprint density at radius 2 is 1.66 bits per heavy atom. The molecule has 5 aliphatic rings. The minimum absolute atomic E-state index is 0.0322. The van der Waals surface area contributed by atoms with Gasteiger partial charge in [0.25, 0.3) is 0 Å². The molecule has 2 saturated carbocycles. The molecule has 13 nitrogen and oxygen atoms in total. The van der Waals surface area contributed by atoms with E-state index in [2.05, 4.69) is 0 Å². The SMILES string of the molecule is CC(=O)OC(C)(C)CCC(=O)C(C)(O)C1C(O)C[C@@]2(C)[C@@H]3CC=C4C(C)=C(OC5OC(CO)C(O)C(O)C5O)C(=O)C[C@@H]4[C@@]3(C)C(=O)C[C@]12C. The van der Waals surface area contributed by atoms with Gasteiger partial charge in [-0.05, 0) is 74.9 Å². The average molecular weight is 707 g/mol. The number of ether oxygens (including phenoxy) is 3. The molecule has 13 heteroatoms. The van der Waals surface area contributed by atoms with Crippen LogP contribution in [0.5, 0.6) is 0 Å². The van der Waals surface area contributed by atoms with Crippen molar-refractivity contribution in [3.8, 4) is 0 Å². The van der Waals surface area contributed by atoms with Crippen LogP contribution in [0.1, 0.15) is 93.9 Å². The Bertz CT molecular complexity index is 1490. The molecule has 0 spiro atoms. The lowest BCUT2D eigenvalue weighted by Gasteiger charge is -2.63. The summed E-state index contributed by atoms with van der Waals surface area (Å²) in [6, 6.07) is 0. The fourth-order valence-corrected chi connectivity index (χ4v) is 10.5. The van der Waals surface area contributed by atoms with Crippen LogP contribution in [0.25, 0.3) is 0 Å². The third kappa shape index (κ3) is 5.81. The second-order valence-corrected chi connectivity index (χ2v) is 16.8. The summed E-state index contributed by atoms with van der Waals surface area (Å²) in [6.45, 7) is 12.8. The fraction of sp³-hybridized carbons (Fsp3) is 0.784. The molecule has 3 fully saturated rings. The van der Waals surface area contributed by atoms with Crippen molar-refractivity contribution in [2.24, 2.45) is 34.0 Å². The molecule has 1 saturated heterocycles. The lowest BCUT2D eigenvalue weighted by molar-refractivity contribution is -0.291. The summed E-state index contributed by atoms with van der Waals surface area (Å²) in [5.41, 5.74) is -4.49. The minimum Gasteiger partial charge on any atom is -0.460 e. The summed E-state index contributed by atoms with van der Waals surface area (Å²) >= 11 is 0. The van der Waals surface area contributed by atoms with Crippen molar-refractivity contribution in [3.63, 3.8) is 0 Å². The first-order chi connectivity index (χ1) is 23.0. The van der Waals surface area contributed by atoms with Crippen LogP contribution in [0, 0.1) is 34.0 Å². The Kier molecular flexibility index (Phi) is 9.95. The van der Waals surface area contributed by atoms with E-state index in [1.165, 1.54) is 13.8 Å². The standard InChI is InChI=1S/C37H54O13/c1-17-19-9-10-24-34(5)14-22(41)31(37(8,47)25(42)11-12-33(3,4)50-18(2)39)35(34,6)15-26(43)36(24,7)20(19)13-21(40)30(17)49-32-29(46)28(45)27(44)23(16-38)48-32/h9,20,22-24,27-29,31-32,38,41,44-47H,10-16H2,1-8H3/t20-,22?,23?,24-,27?,28?,29?,31?,32?,34-,35+,36+,37?/m0/s1. The van der Waals surface area contributed by atoms with E-state index in [0.29, 0.717) is 12.0 Å². The van der Waals surface area contributed by atoms with Gasteiger partial charge in [0.05, 0.1) is 12.7 Å². The van der Waals surface area contributed by atoms with Crippen LogP contribution >= 0.6 is 0 Å². The maximum atomic E-state index is 14.6. The maximum Gasteiger partial charge on any atom is 0.303 e. The van der Waals surface area contributed by atoms with Gasteiger partial charge in [-0.25, -0.2) is 0 Å². The zero-order valence-electron chi connectivity index (χ0n) is 30.3. The highest BCUT2D eigenvalue weighted by atomic mass is 16.7. The van der Waals surface area contributed by atoms with Crippen LogP contribution in [0.3, 0.4) is 0 Å². The van der Waals surface area contributed by atoms with E-state index in [-0.39, 0.29) is 49.6 Å². The predicted octanol–water partition coefficient (Wildman–Crippen LogP) is 1.43. The molecule has 0 aromatic rings. The number of rotatable bonds is 9. The van der Waals surface area contributed by atoms with Crippen molar-refractivity contribution in [2.45, 2.75) is 142 Å². The zero-order valence-corrected chi connectivity index (χ0v) is 30.3. The first-order valence-corrected chi connectivity index (χ1v) is 17.6. The van der Waals surface area contributed by atoms with E-state index < -0.39 is 100 Å². The van der Waals surface area contributed by atoms with E-state index in [0.717, 1.165) is 5.57 Å². The Morgan fingerprint density at radius 1 is 1.02 bits per heavy atom. The highest BCUT2D eigenvalue weighted by Gasteiger charge is 2.74. The Balaban J connectivity index is 1.45. The van der Waals surface area contributed by atoms with Gasteiger partial charge in [0.2, 0.25) is 6.29 Å². The quantitative estimate of drug-likeness (QED) is 0.187. The molecule has 1 aliphatic heterocycles. The number of aliphatic hydroxyl groups is 6. The number of allylic oxidation sites excluding steroid dienone is 4. The van der Waals surface area contributed by atoms with Crippen LogP contribution in [-0.4, -0.2) is 109 Å². The van der Waals surface area contributed by atoms with Crippen molar-refractivity contribution in [3.05, 3.63) is 23.0 Å². The van der Waals surface area contributed by atoms with Crippen LogP contribution < -0.4 is 0 Å². The predicted molar refractivity (Wildman–Crippen MR) is 176 cm³/mol. The molecular formula is C37H54O13. The number of ketones is 3. The molecular weight excluding hydrogens is 652 g/mol. The number of aliphatic hydroxyl groups excluding tert-OH is 5. The first kappa shape index (κ1) is 38.7. The molecule has 8 unspecified atom stereocenters. The summed E-state index contributed by atoms with van der Waals surface area (Å²) in [7, 11) is 0. The van der Waals surface area contributed by atoms with Gasteiger partial charge < -0.3 is 44.8 Å². The highest BCUT2D eigenvalue weighted by Crippen LogP contribution is 2.73. The van der Waals surface area contributed by atoms with Crippen LogP contribution in [0.15, 0.2) is 23.0 Å². The Hall–Kier alpha value is -2.52. The molecule has 280 valence electrons. The van der Waals surface area contributed by atoms with Gasteiger partial charge in [-0.1, -0.05) is 26.8 Å². The van der Waals surface area contributed by atoms with E-state index in [4.69, 9.17) is 14.2 Å². The molecule has 50 heavy (non-hydrogen) atoms. The van der Waals surface area contributed by atoms with Crippen molar-refractivity contribution in [1.29, 1.82) is 0 Å². The molecule has 0 aromatic carbocycles. The molecule has 0 amide bonds. The van der Waals surface area contributed by atoms with Crippen LogP contribution in [0.4, 0.5) is 0 Å². The summed E-state index contributed by atoms with van der Waals surface area (Å²) in [5.74, 6) is -3.51. The molecule has 0 aromatic heterocycles. The van der Waals surface area contributed by atoms with Crippen molar-refractivity contribution in [1.82, 2.24) is 0 Å². The molecule has 13 atom stereocenters. The molecule has 6 N–H and O–H groups in total. The fourth-order valence-electron chi connectivity index (χ4n) is 10.5. The van der Waals surface area contributed by atoms with Crippen molar-refractivity contribution < 1.29 is 64.0 Å². The number of carbonyl (C=O) groups is 4. The summed E-state index contributed by atoms with van der Waals surface area (Å²) in [6.07, 6.45) is -6.29. The van der Waals surface area contributed by atoms with Gasteiger partial charge in [0.1, 0.15) is 41.4 Å². The van der Waals surface area contributed by atoms with Gasteiger partial charge in [-0.3, -0.25) is 19.2 Å². The van der Waals surface area contributed by atoms with E-state index in [1.54, 1.807) is 20.8 Å². The van der Waals surface area contributed by atoms with Crippen molar-refractivity contribution in [2.75, 3.05) is 6.61 Å². The number of esters is 1. The molecule has 5 rings (SSSR count). The number of carbonyl (C=O) groups excluding carboxylic acids is 4. The smallest absolute Gasteiger partial charge is 0.303 e. The highest BCUT2D eigenvalue weighted by molar-refractivity contribution is 5.99. The molecule has 1 heterocycles. The molecule has 0 bridgehead atoms. The van der Waals surface area contributed by atoms with Gasteiger partial charge >= 0.3 is 5.97 Å². The normalized spacial score (nSPS) is 42.9. The second-order valence-electron chi connectivity index (χ2n) is 16.8. The summed E-state index contributed by atoms with van der Waals surface area (Å²) in [5, 5.41) is 64.1. The summed E-state index contributed by atoms with van der Waals surface area (Å²) < 4.78 is 16.7. The monoisotopic (exact) mass is 706 g/mol. The van der Waals surface area contributed by atoms with E-state index in [1.807, 2.05) is 26.8 Å². The van der Waals surface area contributed by atoms with Gasteiger partial charge in [0.15, 0.2) is 17.3 Å². The third-order valence-electron chi connectivity index (χ3n) is 13.3. The van der Waals surface area contributed by atoms with Crippen LogP contribution in [0.2, 0.25) is 0 Å². The zero-order chi connectivity index (χ0) is 37.5. The topological polar surface area (TPSA) is 217 Å². The lowest BCUT2D eigenvalue weighted by Crippen LogP contribution is -2.64. The average Bonchev–Trinajstić information content (AvgIpc) is 3.22. The van der Waals surface area contributed by atoms with Gasteiger partial charge in [-0.15, -0.1) is 0 Å². The number of fused-ring (bicyclic) bond motifs is 5. The van der Waals surface area contributed by atoms with E-state index >= 15 is 0 Å². The first-order valence-electron chi connectivity index (χ1n) is 17.6. The molecule has 4 aliphatic carbocycles. The largest absolute Gasteiger partial charge is 0.460 e. The van der Waals surface area contributed by atoms with Crippen molar-refractivity contribution >= 4 is 23.3 Å². The second kappa shape index (κ2) is 12.9. The summed E-state index contributed by atoms with van der Waals surface area (Å²) in [4.78, 5) is 53.6. The number of hydrogen-bond donors (Lipinski definition) is 6. The van der Waals surface area contributed by atoms with Crippen LogP contribution in [-0.2, 0) is 33.4 Å². The van der Waals surface area contributed by atoms with E-state index in [9.17, 15) is 49.8 Å². The molecule has 0 radical (unpaired) electrons. The minimum atomic E-state index is -1.99. The van der Waals surface area contributed by atoms with Gasteiger partial charge in [-0.2, -0.15) is 0 Å². The number of Topliss-reactive ketones (excluding diaryl/α,β-unsaturated/α-hetero) is 3. The number of hydrogen-bond acceptors (Lipinski definition) is 13.